The summed E-state index contributed by atoms with van der Waals surface area (Å²) in [6.45, 7) is 7.44. The molecule has 1 aromatic carbocycles. The smallest absolute Gasteiger partial charge is 0.309 e. The average Bonchev–Trinajstić information content (AvgIpc) is 2.72. The summed E-state index contributed by atoms with van der Waals surface area (Å²) in [5.41, 5.74) is 0.625. The van der Waals surface area contributed by atoms with Crippen LogP contribution in [0.5, 0.6) is 0 Å². The van der Waals surface area contributed by atoms with Gasteiger partial charge in [-0.2, -0.15) is 0 Å². The summed E-state index contributed by atoms with van der Waals surface area (Å²) in [5.74, 6) is -0.906. The molecule has 0 radical (unpaired) electrons. The standard InChI is InChI=1S/C21H29N3O6/c1-14-12-23(13-15(2)29-14)20(25)16(3)30-21(26)17-8-10-22(11-9-17)18-6-4-5-7-19(18)24(27)28/h4-7,14-17H,8-13H2,1-3H3. The summed E-state index contributed by atoms with van der Waals surface area (Å²) in [6.07, 6.45) is 0.108. The van der Waals surface area contributed by atoms with Crippen LogP contribution in [-0.2, 0) is 19.1 Å². The Kier molecular flexibility index (Phi) is 6.91. The number of anilines is 1. The molecule has 164 valence electrons. The number of amides is 1. The SMILES string of the molecule is CC1CN(C(=O)C(C)OC(=O)C2CCN(c3ccccc3[N+](=O)[O-])CC2)CC(C)O1. The Morgan fingerprint density at radius 2 is 1.77 bits per heavy atom. The maximum Gasteiger partial charge on any atom is 0.309 e. The van der Waals surface area contributed by atoms with Crippen molar-refractivity contribution in [3.8, 4) is 0 Å². The van der Waals surface area contributed by atoms with Gasteiger partial charge in [0.1, 0.15) is 5.69 Å². The van der Waals surface area contributed by atoms with Crippen LogP contribution in [-0.4, -0.2) is 66.2 Å². The molecule has 2 aliphatic rings. The molecule has 9 heteroatoms. The lowest BCUT2D eigenvalue weighted by Crippen LogP contribution is -2.51. The molecule has 3 atom stereocenters. The van der Waals surface area contributed by atoms with Crippen molar-refractivity contribution in [1.29, 1.82) is 0 Å². The maximum absolute atomic E-state index is 12.7. The Morgan fingerprint density at radius 3 is 2.37 bits per heavy atom. The number of hydrogen-bond acceptors (Lipinski definition) is 7. The van der Waals surface area contributed by atoms with E-state index in [-0.39, 0.29) is 35.7 Å². The molecule has 0 saturated carbocycles. The van der Waals surface area contributed by atoms with Crippen LogP contribution >= 0.6 is 0 Å². The monoisotopic (exact) mass is 419 g/mol. The number of carbonyl (C=O) groups is 2. The molecule has 1 amide bonds. The van der Waals surface area contributed by atoms with Gasteiger partial charge in [-0.25, -0.2) is 0 Å². The first-order valence-electron chi connectivity index (χ1n) is 10.4. The predicted molar refractivity (Wildman–Crippen MR) is 110 cm³/mol. The lowest BCUT2D eigenvalue weighted by molar-refractivity contribution is -0.384. The van der Waals surface area contributed by atoms with Gasteiger partial charge in [0.15, 0.2) is 6.10 Å². The number of nitro benzene ring substituents is 1. The normalized spacial score (nSPS) is 23.7. The van der Waals surface area contributed by atoms with Gasteiger partial charge in [-0.05, 0) is 39.7 Å². The number of esters is 1. The second-order valence-electron chi connectivity index (χ2n) is 8.09. The highest BCUT2D eigenvalue weighted by molar-refractivity contribution is 5.84. The maximum atomic E-state index is 12.7. The van der Waals surface area contributed by atoms with Crippen LogP contribution in [0.1, 0.15) is 33.6 Å². The van der Waals surface area contributed by atoms with Crippen LogP contribution in [0, 0.1) is 16.0 Å². The van der Waals surface area contributed by atoms with E-state index in [1.807, 2.05) is 18.7 Å². The minimum atomic E-state index is -0.844. The number of nitrogens with zero attached hydrogens (tertiary/aromatic N) is 3. The average molecular weight is 419 g/mol. The summed E-state index contributed by atoms with van der Waals surface area (Å²) in [5, 5.41) is 11.3. The Hall–Kier alpha value is -2.68. The van der Waals surface area contributed by atoms with Crippen molar-refractivity contribution in [3.05, 3.63) is 34.4 Å². The highest BCUT2D eigenvalue weighted by Crippen LogP contribution is 2.31. The van der Waals surface area contributed by atoms with Crippen molar-refractivity contribution in [2.75, 3.05) is 31.1 Å². The van der Waals surface area contributed by atoms with Gasteiger partial charge in [0.25, 0.3) is 11.6 Å². The highest BCUT2D eigenvalue weighted by Gasteiger charge is 2.33. The lowest BCUT2D eigenvalue weighted by Gasteiger charge is -2.37. The van der Waals surface area contributed by atoms with Gasteiger partial charge >= 0.3 is 5.97 Å². The van der Waals surface area contributed by atoms with Crippen molar-refractivity contribution in [2.45, 2.75) is 51.9 Å². The zero-order chi connectivity index (χ0) is 21.8. The topological polar surface area (TPSA) is 102 Å². The Labute approximate surface area is 176 Å². The molecule has 3 unspecified atom stereocenters. The van der Waals surface area contributed by atoms with Crippen molar-refractivity contribution in [3.63, 3.8) is 0 Å². The second-order valence-corrected chi connectivity index (χ2v) is 8.09. The van der Waals surface area contributed by atoms with Gasteiger partial charge in [-0.1, -0.05) is 12.1 Å². The zero-order valence-corrected chi connectivity index (χ0v) is 17.7. The van der Waals surface area contributed by atoms with E-state index in [9.17, 15) is 19.7 Å². The molecule has 0 spiro atoms. The number of para-hydroxylation sites is 2. The fourth-order valence-corrected chi connectivity index (χ4v) is 4.18. The second kappa shape index (κ2) is 9.42. The largest absolute Gasteiger partial charge is 0.452 e. The predicted octanol–water partition coefficient (Wildman–Crippen LogP) is 2.38. The molecule has 1 aromatic rings. The van der Waals surface area contributed by atoms with Crippen LogP contribution in [0.2, 0.25) is 0 Å². The van der Waals surface area contributed by atoms with Gasteiger partial charge in [0, 0.05) is 32.2 Å². The number of hydrogen-bond donors (Lipinski definition) is 0. The van der Waals surface area contributed by atoms with Crippen LogP contribution in [0.3, 0.4) is 0 Å². The van der Waals surface area contributed by atoms with Gasteiger partial charge in [0.2, 0.25) is 0 Å². The summed E-state index contributed by atoms with van der Waals surface area (Å²) in [7, 11) is 0. The molecule has 0 bridgehead atoms. The van der Waals surface area contributed by atoms with Crippen molar-refractivity contribution < 1.29 is 24.0 Å². The molecule has 9 nitrogen and oxygen atoms in total. The van der Waals surface area contributed by atoms with E-state index >= 15 is 0 Å². The van der Waals surface area contributed by atoms with Crippen molar-refractivity contribution >= 4 is 23.3 Å². The van der Waals surface area contributed by atoms with Gasteiger partial charge < -0.3 is 19.3 Å². The fraction of sp³-hybridized carbons (Fsp3) is 0.619. The fourth-order valence-electron chi connectivity index (χ4n) is 4.18. The molecular formula is C21H29N3O6. The molecular weight excluding hydrogens is 390 g/mol. The molecule has 30 heavy (non-hydrogen) atoms. The Morgan fingerprint density at radius 1 is 1.17 bits per heavy atom. The number of ether oxygens (including phenoxy) is 2. The van der Waals surface area contributed by atoms with E-state index in [1.54, 1.807) is 30.0 Å². The minimum absolute atomic E-state index is 0.0491. The summed E-state index contributed by atoms with van der Waals surface area (Å²) in [6, 6.07) is 6.61. The number of carbonyl (C=O) groups excluding carboxylic acids is 2. The van der Waals surface area contributed by atoms with E-state index in [1.165, 1.54) is 6.07 Å². The molecule has 2 fully saturated rings. The summed E-state index contributed by atoms with van der Waals surface area (Å²) < 4.78 is 11.1. The van der Waals surface area contributed by atoms with Gasteiger partial charge in [-0.3, -0.25) is 19.7 Å². The van der Waals surface area contributed by atoms with Gasteiger partial charge in [-0.15, -0.1) is 0 Å². The first-order valence-corrected chi connectivity index (χ1v) is 10.4. The summed E-state index contributed by atoms with van der Waals surface area (Å²) in [4.78, 5) is 39.7. The number of piperidine rings is 1. The van der Waals surface area contributed by atoms with Gasteiger partial charge in [0.05, 0.1) is 23.0 Å². The van der Waals surface area contributed by atoms with Crippen LogP contribution in [0.25, 0.3) is 0 Å². The number of morpholine rings is 1. The Bertz CT molecular complexity index is 783. The third kappa shape index (κ3) is 5.08. The van der Waals surface area contributed by atoms with Crippen LogP contribution < -0.4 is 4.90 Å². The van der Waals surface area contributed by atoms with E-state index in [4.69, 9.17) is 9.47 Å². The first kappa shape index (κ1) is 22.0. The number of benzene rings is 1. The number of rotatable bonds is 5. The lowest BCUT2D eigenvalue weighted by atomic mass is 9.96. The molecule has 2 saturated heterocycles. The molecule has 0 aliphatic carbocycles. The molecule has 0 aromatic heterocycles. The minimum Gasteiger partial charge on any atom is -0.452 e. The Balaban J connectivity index is 1.53. The summed E-state index contributed by atoms with van der Waals surface area (Å²) >= 11 is 0. The van der Waals surface area contributed by atoms with Crippen LogP contribution in [0.4, 0.5) is 11.4 Å². The van der Waals surface area contributed by atoms with E-state index < -0.39 is 11.0 Å². The molecule has 2 heterocycles. The number of nitro groups is 1. The van der Waals surface area contributed by atoms with E-state index in [0.29, 0.717) is 44.7 Å². The third-order valence-electron chi connectivity index (χ3n) is 5.62. The quantitative estimate of drug-likeness (QED) is 0.410. The van der Waals surface area contributed by atoms with Crippen molar-refractivity contribution in [2.24, 2.45) is 5.92 Å². The molecule has 3 rings (SSSR count). The van der Waals surface area contributed by atoms with E-state index in [0.717, 1.165) is 0 Å². The first-order chi connectivity index (χ1) is 14.3. The van der Waals surface area contributed by atoms with Crippen molar-refractivity contribution in [1.82, 2.24) is 4.90 Å². The highest BCUT2D eigenvalue weighted by atomic mass is 16.6. The molecule has 0 N–H and O–H groups in total. The molecule has 2 aliphatic heterocycles. The zero-order valence-electron chi connectivity index (χ0n) is 17.7. The van der Waals surface area contributed by atoms with Crippen LogP contribution in [0.15, 0.2) is 24.3 Å². The third-order valence-corrected chi connectivity index (χ3v) is 5.62. The van der Waals surface area contributed by atoms with E-state index in [2.05, 4.69) is 0 Å².